The van der Waals surface area contributed by atoms with Gasteiger partial charge in [0.05, 0.1) is 17.7 Å². The number of hydrogen-bond acceptors (Lipinski definition) is 5. The summed E-state index contributed by atoms with van der Waals surface area (Å²) >= 11 is 6.17. The lowest BCUT2D eigenvalue weighted by Crippen LogP contribution is -2.40. The van der Waals surface area contributed by atoms with Gasteiger partial charge < -0.3 is 15.0 Å². The van der Waals surface area contributed by atoms with E-state index in [1.54, 1.807) is 30.3 Å². The van der Waals surface area contributed by atoms with Gasteiger partial charge in [0.25, 0.3) is 10.0 Å². The molecule has 0 unspecified atom stereocenters. The van der Waals surface area contributed by atoms with E-state index in [4.69, 9.17) is 16.3 Å². The molecule has 2 amide bonds. The van der Waals surface area contributed by atoms with Gasteiger partial charge in [0.1, 0.15) is 12.3 Å². The zero-order valence-corrected chi connectivity index (χ0v) is 22.0. The molecule has 4 rings (SSSR count). The number of rotatable bonds is 10. The standard InChI is InChI=1S/C27H28ClN3O5S/c1-36-25-13-12-22(28)16-24(25)31(37(34,35)23-9-3-2-4-10-23)19-26(32)29-17-20-7-5-8-21(15-20)18-30-14-6-11-27(30)33/h2-5,7-10,12-13,15-16H,6,11,14,17-19H2,1H3,(H,29,32). The molecule has 8 nitrogen and oxygen atoms in total. The summed E-state index contributed by atoms with van der Waals surface area (Å²) < 4.78 is 33.5. The molecule has 1 saturated heterocycles. The first-order valence-electron chi connectivity index (χ1n) is 11.8. The van der Waals surface area contributed by atoms with Crippen molar-refractivity contribution in [3.63, 3.8) is 0 Å². The Kier molecular flexibility index (Phi) is 8.35. The zero-order valence-electron chi connectivity index (χ0n) is 20.4. The SMILES string of the molecule is COc1ccc(Cl)cc1N(CC(=O)NCc1cccc(CN2CCCC2=O)c1)S(=O)(=O)c1ccccc1. The van der Waals surface area contributed by atoms with E-state index in [1.165, 1.54) is 25.3 Å². The molecule has 1 aliphatic rings. The monoisotopic (exact) mass is 541 g/mol. The third kappa shape index (κ3) is 6.42. The van der Waals surface area contributed by atoms with E-state index in [9.17, 15) is 18.0 Å². The predicted molar refractivity (Wildman–Crippen MR) is 142 cm³/mol. The van der Waals surface area contributed by atoms with E-state index >= 15 is 0 Å². The number of carbonyl (C=O) groups excluding carboxylic acids is 2. The molecule has 194 valence electrons. The Labute approximate surface area is 221 Å². The van der Waals surface area contributed by atoms with E-state index in [0.717, 1.165) is 28.4 Å². The number of ether oxygens (including phenoxy) is 1. The predicted octanol–water partition coefficient (Wildman–Crippen LogP) is 3.98. The number of carbonyl (C=O) groups is 2. The van der Waals surface area contributed by atoms with Crippen LogP contribution in [0, 0.1) is 0 Å². The third-order valence-corrected chi connectivity index (χ3v) is 8.06. The minimum Gasteiger partial charge on any atom is -0.495 e. The molecule has 1 heterocycles. The van der Waals surface area contributed by atoms with Crippen LogP contribution in [0.2, 0.25) is 5.02 Å². The van der Waals surface area contributed by atoms with Crippen molar-refractivity contribution in [1.29, 1.82) is 0 Å². The molecule has 1 aliphatic heterocycles. The molecular formula is C27H28ClN3O5S. The molecule has 0 bridgehead atoms. The molecule has 0 aromatic heterocycles. The molecule has 3 aromatic carbocycles. The van der Waals surface area contributed by atoms with Crippen LogP contribution in [0.4, 0.5) is 5.69 Å². The summed E-state index contributed by atoms with van der Waals surface area (Å²) in [5.41, 5.74) is 1.97. The van der Waals surface area contributed by atoms with E-state index in [1.807, 2.05) is 29.2 Å². The Bertz CT molecular complexity index is 1380. The minimum atomic E-state index is -4.11. The third-order valence-electron chi connectivity index (χ3n) is 6.05. The molecule has 0 saturated carbocycles. The van der Waals surface area contributed by atoms with Gasteiger partial charge >= 0.3 is 0 Å². The van der Waals surface area contributed by atoms with Crippen molar-refractivity contribution in [3.8, 4) is 5.75 Å². The summed E-state index contributed by atoms with van der Waals surface area (Å²) in [5, 5.41) is 3.11. The molecule has 0 aliphatic carbocycles. The highest BCUT2D eigenvalue weighted by atomic mass is 35.5. The van der Waals surface area contributed by atoms with Crippen molar-refractivity contribution in [1.82, 2.24) is 10.2 Å². The number of nitrogens with zero attached hydrogens (tertiary/aromatic N) is 2. The fraction of sp³-hybridized carbons (Fsp3) is 0.259. The number of sulfonamides is 1. The van der Waals surface area contributed by atoms with Crippen molar-refractivity contribution in [2.45, 2.75) is 30.8 Å². The summed E-state index contributed by atoms with van der Waals surface area (Å²) in [6.45, 7) is 0.999. The summed E-state index contributed by atoms with van der Waals surface area (Å²) in [6, 6.07) is 20.1. The van der Waals surface area contributed by atoms with E-state index in [0.29, 0.717) is 18.0 Å². The summed E-state index contributed by atoms with van der Waals surface area (Å²) in [4.78, 5) is 26.8. The van der Waals surface area contributed by atoms with Gasteiger partial charge in [0.15, 0.2) is 0 Å². The number of methoxy groups -OCH3 is 1. The maximum Gasteiger partial charge on any atom is 0.264 e. The van der Waals surface area contributed by atoms with Crippen molar-refractivity contribution in [2.24, 2.45) is 0 Å². The highest BCUT2D eigenvalue weighted by Gasteiger charge is 2.29. The molecule has 1 fully saturated rings. The van der Waals surface area contributed by atoms with Gasteiger partial charge in [-0.1, -0.05) is 54.1 Å². The largest absolute Gasteiger partial charge is 0.495 e. The smallest absolute Gasteiger partial charge is 0.264 e. The Morgan fingerprint density at radius 2 is 1.81 bits per heavy atom. The van der Waals surface area contributed by atoms with Gasteiger partial charge in [-0.3, -0.25) is 13.9 Å². The second-order valence-electron chi connectivity index (χ2n) is 8.66. The first-order valence-corrected chi connectivity index (χ1v) is 13.6. The van der Waals surface area contributed by atoms with Crippen LogP contribution in [0.3, 0.4) is 0 Å². The van der Waals surface area contributed by atoms with Gasteiger partial charge in [-0.15, -0.1) is 0 Å². The van der Waals surface area contributed by atoms with Crippen LogP contribution in [-0.2, 0) is 32.7 Å². The number of halogens is 1. The Hall–Kier alpha value is -3.56. The number of benzene rings is 3. The van der Waals surface area contributed by atoms with Crippen LogP contribution in [-0.4, -0.2) is 45.3 Å². The topological polar surface area (TPSA) is 96.0 Å². The lowest BCUT2D eigenvalue weighted by molar-refractivity contribution is -0.128. The van der Waals surface area contributed by atoms with Crippen molar-refractivity contribution in [3.05, 3.63) is 88.9 Å². The Balaban J connectivity index is 1.52. The second-order valence-corrected chi connectivity index (χ2v) is 11.0. The second kappa shape index (κ2) is 11.7. The van der Waals surface area contributed by atoms with Crippen LogP contribution >= 0.6 is 11.6 Å². The molecule has 10 heteroatoms. The van der Waals surface area contributed by atoms with E-state index < -0.39 is 22.5 Å². The van der Waals surface area contributed by atoms with Gasteiger partial charge in [-0.2, -0.15) is 0 Å². The van der Waals surface area contributed by atoms with Gasteiger partial charge in [-0.05, 0) is 47.9 Å². The fourth-order valence-electron chi connectivity index (χ4n) is 4.19. The Morgan fingerprint density at radius 3 is 2.51 bits per heavy atom. The quantitative estimate of drug-likeness (QED) is 0.419. The Morgan fingerprint density at radius 1 is 1.05 bits per heavy atom. The number of hydrogen-bond donors (Lipinski definition) is 1. The fourth-order valence-corrected chi connectivity index (χ4v) is 5.80. The summed E-state index contributed by atoms with van der Waals surface area (Å²) in [6.07, 6.45) is 1.45. The molecule has 0 radical (unpaired) electrons. The highest BCUT2D eigenvalue weighted by Crippen LogP contribution is 2.34. The van der Waals surface area contributed by atoms with E-state index in [-0.39, 0.29) is 28.8 Å². The molecular weight excluding hydrogens is 514 g/mol. The lowest BCUT2D eigenvalue weighted by atomic mass is 10.1. The minimum absolute atomic E-state index is 0.0361. The van der Waals surface area contributed by atoms with Gasteiger partial charge in [0, 0.05) is 31.1 Å². The van der Waals surface area contributed by atoms with Crippen LogP contribution in [0.1, 0.15) is 24.0 Å². The molecule has 1 N–H and O–H groups in total. The first kappa shape index (κ1) is 26.5. The average molecular weight is 542 g/mol. The molecule has 0 atom stereocenters. The van der Waals surface area contributed by atoms with Gasteiger partial charge in [-0.25, -0.2) is 8.42 Å². The van der Waals surface area contributed by atoms with Gasteiger partial charge in [0.2, 0.25) is 11.8 Å². The number of anilines is 1. The maximum absolute atomic E-state index is 13.6. The van der Waals surface area contributed by atoms with Crippen molar-refractivity contribution < 1.29 is 22.7 Å². The molecule has 3 aromatic rings. The van der Waals surface area contributed by atoms with Crippen LogP contribution in [0.5, 0.6) is 5.75 Å². The average Bonchev–Trinajstić information content (AvgIpc) is 3.30. The first-order chi connectivity index (χ1) is 17.8. The highest BCUT2D eigenvalue weighted by molar-refractivity contribution is 7.92. The molecule has 0 spiro atoms. The van der Waals surface area contributed by atoms with Crippen molar-refractivity contribution >= 4 is 39.1 Å². The maximum atomic E-state index is 13.6. The lowest BCUT2D eigenvalue weighted by Gasteiger charge is -2.26. The van der Waals surface area contributed by atoms with Crippen LogP contribution in [0.15, 0.2) is 77.7 Å². The van der Waals surface area contributed by atoms with Crippen LogP contribution < -0.4 is 14.4 Å². The van der Waals surface area contributed by atoms with Crippen LogP contribution in [0.25, 0.3) is 0 Å². The number of likely N-dealkylation sites (tertiary alicyclic amines) is 1. The van der Waals surface area contributed by atoms with E-state index in [2.05, 4.69) is 5.32 Å². The zero-order chi connectivity index (χ0) is 26.4. The number of amides is 2. The molecule has 37 heavy (non-hydrogen) atoms. The van der Waals surface area contributed by atoms with Crippen molar-refractivity contribution in [2.75, 3.05) is 24.5 Å². The summed E-state index contributed by atoms with van der Waals surface area (Å²) in [7, 11) is -2.69. The summed E-state index contributed by atoms with van der Waals surface area (Å²) in [5.74, 6) is -0.0857. The number of nitrogens with one attached hydrogen (secondary N) is 1. The normalized spacial score (nSPS) is 13.5.